The van der Waals surface area contributed by atoms with Crippen molar-refractivity contribution in [2.75, 3.05) is 0 Å². The summed E-state index contributed by atoms with van der Waals surface area (Å²) >= 11 is 3.22. The fraction of sp³-hybridized carbons (Fsp3) is 0.111. The number of halogens is 1. The summed E-state index contributed by atoms with van der Waals surface area (Å²) in [6.07, 6.45) is 0. The predicted molar refractivity (Wildman–Crippen MR) is 48.9 cm³/mol. The number of hydrogen-bond donors (Lipinski definition) is 0. The van der Waals surface area contributed by atoms with Crippen LogP contribution in [0.25, 0.3) is 0 Å². The van der Waals surface area contributed by atoms with E-state index < -0.39 is 0 Å². The SMILES string of the molecule is CC(=O)c1ccc(Br)cc1C#N. The van der Waals surface area contributed by atoms with E-state index in [0.29, 0.717) is 11.1 Å². The van der Waals surface area contributed by atoms with Crippen LogP contribution < -0.4 is 0 Å². The topological polar surface area (TPSA) is 40.9 Å². The van der Waals surface area contributed by atoms with Crippen LogP contribution in [0.3, 0.4) is 0 Å². The van der Waals surface area contributed by atoms with Gasteiger partial charge >= 0.3 is 0 Å². The molecule has 0 bridgehead atoms. The van der Waals surface area contributed by atoms with Crippen molar-refractivity contribution in [3.63, 3.8) is 0 Å². The number of rotatable bonds is 1. The first-order chi connectivity index (χ1) is 5.65. The number of ketones is 1. The van der Waals surface area contributed by atoms with E-state index in [-0.39, 0.29) is 5.78 Å². The third kappa shape index (κ3) is 1.72. The Morgan fingerprint density at radius 2 is 2.25 bits per heavy atom. The van der Waals surface area contributed by atoms with Gasteiger partial charge in [0, 0.05) is 10.0 Å². The van der Waals surface area contributed by atoms with Gasteiger partial charge in [0.15, 0.2) is 5.78 Å². The second-order valence-electron chi connectivity index (χ2n) is 2.36. The van der Waals surface area contributed by atoms with E-state index in [1.165, 1.54) is 6.92 Å². The highest BCUT2D eigenvalue weighted by Gasteiger charge is 2.05. The highest BCUT2D eigenvalue weighted by molar-refractivity contribution is 9.10. The zero-order valence-electron chi connectivity index (χ0n) is 6.47. The average molecular weight is 224 g/mol. The molecule has 0 spiro atoms. The number of nitrogens with zero attached hydrogens (tertiary/aromatic N) is 1. The fourth-order valence-corrected chi connectivity index (χ4v) is 1.28. The van der Waals surface area contributed by atoms with Gasteiger partial charge in [-0.25, -0.2) is 0 Å². The number of carbonyl (C=O) groups is 1. The van der Waals surface area contributed by atoms with Gasteiger partial charge in [-0.1, -0.05) is 15.9 Å². The summed E-state index contributed by atoms with van der Waals surface area (Å²) in [7, 11) is 0. The third-order valence-corrected chi connectivity index (χ3v) is 1.97. The van der Waals surface area contributed by atoms with Crippen molar-refractivity contribution in [1.82, 2.24) is 0 Å². The van der Waals surface area contributed by atoms with E-state index in [4.69, 9.17) is 5.26 Å². The summed E-state index contributed by atoms with van der Waals surface area (Å²) in [4.78, 5) is 11.0. The first-order valence-electron chi connectivity index (χ1n) is 3.35. The summed E-state index contributed by atoms with van der Waals surface area (Å²) < 4.78 is 0.809. The van der Waals surface area contributed by atoms with Gasteiger partial charge in [0.25, 0.3) is 0 Å². The smallest absolute Gasteiger partial charge is 0.161 e. The molecule has 0 aliphatic rings. The summed E-state index contributed by atoms with van der Waals surface area (Å²) in [6, 6.07) is 6.99. The Morgan fingerprint density at radius 1 is 1.58 bits per heavy atom. The molecule has 1 rings (SSSR count). The van der Waals surface area contributed by atoms with Crippen LogP contribution in [0.5, 0.6) is 0 Å². The van der Waals surface area contributed by atoms with Gasteiger partial charge in [-0.05, 0) is 25.1 Å². The molecule has 1 aromatic carbocycles. The van der Waals surface area contributed by atoms with Crippen molar-refractivity contribution < 1.29 is 4.79 Å². The van der Waals surface area contributed by atoms with Gasteiger partial charge in [0.1, 0.15) is 0 Å². The molecule has 0 aromatic heterocycles. The lowest BCUT2D eigenvalue weighted by Crippen LogP contribution is -1.95. The molecule has 0 aliphatic heterocycles. The van der Waals surface area contributed by atoms with Crippen molar-refractivity contribution in [3.05, 3.63) is 33.8 Å². The summed E-state index contributed by atoms with van der Waals surface area (Å²) in [5.41, 5.74) is 0.887. The van der Waals surface area contributed by atoms with Crippen molar-refractivity contribution in [3.8, 4) is 6.07 Å². The Bertz CT molecular complexity index is 365. The Kier molecular flexibility index (Phi) is 2.61. The highest BCUT2D eigenvalue weighted by atomic mass is 79.9. The third-order valence-electron chi connectivity index (χ3n) is 1.48. The van der Waals surface area contributed by atoms with Crippen LogP contribution in [0, 0.1) is 11.3 Å². The Hall–Kier alpha value is -1.14. The Morgan fingerprint density at radius 3 is 2.75 bits per heavy atom. The van der Waals surface area contributed by atoms with Gasteiger partial charge in [0.2, 0.25) is 0 Å². The van der Waals surface area contributed by atoms with Crippen LogP contribution in [0.1, 0.15) is 22.8 Å². The standard InChI is InChI=1S/C9H6BrNO/c1-6(12)9-3-2-8(10)4-7(9)5-11/h2-4H,1H3. The lowest BCUT2D eigenvalue weighted by atomic mass is 10.1. The molecule has 0 unspecified atom stereocenters. The minimum atomic E-state index is -0.0842. The van der Waals surface area contributed by atoms with E-state index in [1.807, 2.05) is 6.07 Å². The molecule has 0 heterocycles. The molecule has 60 valence electrons. The minimum Gasteiger partial charge on any atom is -0.294 e. The van der Waals surface area contributed by atoms with Crippen LogP contribution in [0.15, 0.2) is 22.7 Å². The van der Waals surface area contributed by atoms with E-state index in [2.05, 4.69) is 15.9 Å². The fourth-order valence-electron chi connectivity index (χ4n) is 0.916. The maximum atomic E-state index is 11.0. The molecule has 0 amide bonds. The van der Waals surface area contributed by atoms with Crippen molar-refractivity contribution in [2.45, 2.75) is 6.92 Å². The zero-order chi connectivity index (χ0) is 9.14. The van der Waals surface area contributed by atoms with Crippen molar-refractivity contribution >= 4 is 21.7 Å². The van der Waals surface area contributed by atoms with Crippen LogP contribution in [-0.4, -0.2) is 5.78 Å². The molecular weight excluding hydrogens is 218 g/mol. The number of benzene rings is 1. The van der Waals surface area contributed by atoms with Crippen LogP contribution in [-0.2, 0) is 0 Å². The summed E-state index contributed by atoms with van der Waals surface area (Å²) in [5, 5.41) is 8.67. The molecule has 0 aliphatic carbocycles. The van der Waals surface area contributed by atoms with E-state index >= 15 is 0 Å². The zero-order valence-corrected chi connectivity index (χ0v) is 8.05. The second kappa shape index (κ2) is 3.51. The summed E-state index contributed by atoms with van der Waals surface area (Å²) in [5.74, 6) is -0.0842. The molecule has 12 heavy (non-hydrogen) atoms. The molecule has 1 aromatic rings. The molecular formula is C9H6BrNO. The quantitative estimate of drug-likeness (QED) is 0.687. The van der Waals surface area contributed by atoms with Crippen molar-refractivity contribution in [2.24, 2.45) is 0 Å². The van der Waals surface area contributed by atoms with Gasteiger partial charge in [-0.15, -0.1) is 0 Å². The number of Topliss-reactive ketones (excluding diaryl/α,β-unsaturated/α-hetero) is 1. The minimum absolute atomic E-state index is 0.0842. The molecule has 0 fully saturated rings. The first kappa shape index (κ1) is 8.95. The highest BCUT2D eigenvalue weighted by Crippen LogP contribution is 2.16. The molecule has 3 heteroatoms. The van der Waals surface area contributed by atoms with E-state index in [0.717, 1.165) is 4.47 Å². The molecule has 0 N–H and O–H groups in total. The Labute approximate surface area is 78.9 Å². The first-order valence-corrected chi connectivity index (χ1v) is 4.15. The van der Waals surface area contributed by atoms with Crippen LogP contribution in [0.4, 0.5) is 0 Å². The maximum absolute atomic E-state index is 11.0. The van der Waals surface area contributed by atoms with Crippen molar-refractivity contribution in [1.29, 1.82) is 5.26 Å². The monoisotopic (exact) mass is 223 g/mol. The number of nitriles is 1. The van der Waals surface area contributed by atoms with Gasteiger partial charge in [0.05, 0.1) is 11.6 Å². The summed E-state index contributed by atoms with van der Waals surface area (Å²) in [6.45, 7) is 1.45. The van der Waals surface area contributed by atoms with Crippen LogP contribution in [0.2, 0.25) is 0 Å². The number of carbonyl (C=O) groups excluding carboxylic acids is 1. The van der Waals surface area contributed by atoms with E-state index in [9.17, 15) is 4.79 Å². The maximum Gasteiger partial charge on any atom is 0.161 e. The molecule has 0 radical (unpaired) electrons. The lowest BCUT2D eigenvalue weighted by Gasteiger charge is -1.98. The second-order valence-corrected chi connectivity index (χ2v) is 3.27. The van der Waals surface area contributed by atoms with Gasteiger partial charge < -0.3 is 0 Å². The van der Waals surface area contributed by atoms with Gasteiger partial charge in [-0.2, -0.15) is 5.26 Å². The normalized spacial score (nSPS) is 9.08. The van der Waals surface area contributed by atoms with E-state index in [1.54, 1.807) is 18.2 Å². The van der Waals surface area contributed by atoms with Gasteiger partial charge in [-0.3, -0.25) is 4.79 Å². The molecule has 0 atom stereocenters. The lowest BCUT2D eigenvalue weighted by molar-refractivity contribution is 0.101. The Balaban J connectivity index is 3.32. The number of hydrogen-bond acceptors (Lipinski definition) is 2. The molecule has 0 saturated heterocycles. The molecule has 0 saturated carbocycles. The average Bonchev–Trinajstić information content (AvgIpc) is 2.03. The molecule has 2 nitrogen and oxygen atoms in total. The predicted octanol–water partition coefficient (Wildman–Crippen LogP) is 2.52. The largest absolute Gasteiger partial charge is 0.294 e. The van der Waals surface area contributed by atoms with Crippen LogP contribution >= 0.6 is 15.9 Å².